The molecule has 0 atom stereocenters. The molecule has 0 fully saturated rings. The van der Waals surface area contributed by atoms with Crippen LogP contribution in [0.2, 0.25) is 0 Å². The lowest BCUT2D eigenvalue weighted by atomic mass is 10.2. The molecule has 1 aromatic carbocycles. The third kappa shape index (κ3) is 26.8. The minimum absolute atomic E-state index is 0.189. The van der Waals surface area contributed by atoms with E-state index in [0.717, 1.165) is 19.1 Å². The molecule has 0 aliphatic carbocycles. The molecule has 17 heteroatoms. The molecule has 0 aliphatic heterocycles. The summed E-state index contributed by atoms with van der Waals surface area (Å²) in [7, 11) is 0. The fourth-order valence-electron chi connectivity index (χ4n) is 3.71. The van der Waals surface area contributed by atoms with Crippen LogP contribution in [-0.4, -0.2) is 140 Å². The monoisotopic (exact) mass is 789 g/mol. The Balaban J connectivity index is 1.73. The summed E-state index contributed by atoms with van der Waals surface area (Å²) < 4.78 is 50.4. The van der Waals surface area contributed by atoms with Gasteiger partial charge in [0.25, 0.3) is 11.4 Å². The predicted octanol–water partition coefficient (Wildman–Crippen LogP) is 4.06. The Hall–Kier alpha value is -1.81. The Kier molecular flexibility index (Phi) is 30.1. The van der Waals surface area contributed by atoms with Gasteiger partial charge in [-0.1, -0.05) is 35.4 Å². The van der Waals surface area contributed by atoms with Gasteiger partial charge in [0.1, 0.15) is 5.69 Å². The van der Waals surface area contributed by atoms with Crippen molar-refractivity contribution in [3.05, 3.63) is 38.4 Å². The van der Waals surface area contributed by atoms with Crippen molar-refractivity contribution in [1.82, 2.24) is 0 Å². The van der Waals surface area contributed by atoms with Crippen LogP contribution in [0.25, 0.3) is 0 Å². The van der Waals surface area contributed by atoms with E-state index in [4.69, 9.17) is 42.6 Å². The number of nitrogens with one attached hydrogen (secondary N) is 1. The zero-order chi connectivity index (χ0) is 34.0. The molecule has 272 valence electrons. The lowest BCUT2D eigenvalue weighted by molar-refractivity contribution is -0.393. The Labute approximate surface area is 290 Å². The summed E-state index contributed by atoms with van der Waals surface area (Å²) in [5.74, 6) is 0. The van der Waals surface area contributed by atoms with E-state index in [1.54, 1.807) is 0 Å². The molecule has 0 radical (unpaired) electrons. The van der Waals surface area contributed by atoms with E-state index >= 15 is 0 Å². The van der Waals surface area contributed by atoms with E-state index in [1.807, 2.05) is 0 Å². The predicted molar refractivity (Wildman–Crippen MR) is 183 cm³/mol. The van der Waals surface area contributed by atoms with Crippen molar-refractivity contribution in [2.45, 2.75) is 25.7 Å². The zero-order valence-corrected chi connectivity index (χ0v) is 29.4. The van der Waals surface area contributed by atoms with Gasteiger partial charge in [-0.05, 0) is 23.3 Å². The van der Waals surface area contributed by atoms with Crippen molar-refractivity contribution < 1.29 is 52.5 Å². The Morgan fingerprint density at radius 3 is 1.28 bits per heavy atom. The average molecular weight is 790 g/mol. The Morgan fingerprint density at radius 1 is 0.511 bits per heavy atom. The molecule has 0 bridgehead atoms. The number of non-ortho nitro benzene ring substituents is 1. The highest BCUT2D eigenvalue weighted by Gasteiger charge is 2.19. The molecule has 0 amide bonds. The molecule has 47 heavy (non-hydrogen) atoms. The second-order valence-corrected chi connectivity index (χ2v) is 10.8. The largest absolute Gasteiger partial charge is 0.379 e. The van der Waals surface area contributed by atoms with E-state index < -0.39 is 9.85 Å². The Morgan fingerprint density at radius 2 is 0.894 bits per heavy atom. The van der Waals surface area contributed by atoms with Gasteiger partial charge in [-0.3, -0.25) is 20.2 Å². The standard InChI is InChI=1S/C30H52IN3O13/c31-7-3-1-2-4-9-39-11-13-41-15-17-43-19-21-45-23-25-47-26-24-46-22-20-44-18-16-42-14-12-40-10-8-32-29-6-5-28(33(35)36)27-30(29)34(37)38/h5-6,27,32H,1-4,7-26H2. The van der Waals surface area contributed by atoms with Crippen LogP contribution in [-0.2, 0) is 42.6 Å². The molecule has 0 unspecified atom stereocenters. The van der Waals surface area contributed by atoms with Crippen molar-refractivity contribution in [3.8, 4) is 0 Å². The third-order valence-corrected chi connectivity index (χ3v) is 6.86. The zero-order valence-electron chi connectivity index (χ0n) is 27.3. The highest BCUT2D eigenvalue weighted by Crippen LogP contribution is 2.28. The van der Waals surface area contributed by atoms with Crippen LogP contribution in [0, 0.1) is 20.2 Å². The number of rotatable bonds is 36. The smallest absolute Gasteiger partial charge is 0.299 e. The third-order valence-electron chi connectivity index (χ3n) is 6.10. The first kappa shape index (κ1) is 43.2. The maximum Gasteiger partial charge on any atom is 0.299 e. The molecule has 1 aromatic rings. The van der Waals surface area contributed by atoms with Gasteiger partial charge in [-0.15, -0.1) is 0 Å². The molecule has 1 rings (SSSR count). The van der Waals surface area contributed by atoms with E-state index in [1.165, 1.54) is 35.8 Å². The fraction of sp³-hybridized carbons (Fsp3) is 0.800. The van der Waals surface area contributed by atoms with Crippen molar-refractivity contribution >= 4 is 39.7 Å². The molecule has 0 saturated heterocycles. The molecule has 16 nitrogen and oxygen atoms in total. The maximum absolute atomic E-state index is 11.1. The molecule has 0 aromatic heterocycles. The molecule has 0 saturated carbocycles. The lowest BCUT2D eigenvalue weighted by Gasteiger charge is -2.09. The van der Waals surface area contributed by atoms with E-state index in [9.17, 15) is 20.2 Å². The van der Waals surface area contributed by atoms with Gasteiger partial charge in [-0.25, -0.2) is 0 Å². The first-order valence-corrected chi connectivity index (χ1v) is 17.5. The first-order valence-electron chi connectivity index (χ1n) is 16.0. The highest BCUT2D eigenvalue weighted by atomic mass is 127. The number of nitrogens with zero attached hydrogens (tertiary/aromatic N) is 2. The van der Waals surface area contributed by atoms with Crippen LogP contribution in [0.4, 0.5) is 17.1 Å². The van der Waals surface area contributed by atoms with E-state index in [-0.39, 0.29) is 23.7 Å². The minimum atomic E-state index is -0.679. The molecule has 0 heterocycles. The van der Waals surface area contributed by atoms with Crippen LogP contribution < -0.4 is 5.32 Å². The van der Waals surface area contributed by atoms with E-state index in [0.29, 0.717) is 112 Å². The van der Waals surface area contributed by atoms with Crippen molar-refractivity contribution in [2.75, 3.05) is 135 Å². The summed E-state index contributed by atoms with van der Waals surface area (Å²) in [5.41, 5.74) is -0.515. The number of nitro benzene ring substituents is 2. The highest BCUT2D eigenvalue weighted by molar-refractivity contribution is 14.1. The van der Waals surface area contributed by atoms with Gasteiger partial charge >= 0.3 is 0 Å². The number of anilines is 1. The molecule has 1 N–H and O–H groups in total. The van der Waals surface area contributed by atoms with Gasteiger partial charge in [0.15, 0.2) is 0 Å². The maximum atomic E-state index is 11.1. The first-order chi connectivity index (χ1) is 23.1. The van der Waals surface area contributed by atoms with Crippen LogP contribution in [0.15, 0.2) is 18.2 Å². The quantitative estimate of drug-likeness (QED) is 0.0338. The second kappa shape index (κ2) is 32.7. The summed E-state index contributed by atoms with van der Waals surface area (Å²) in [6.07, 6.45) is 4.93. The summed E-state index contributed by atoms with van der Waals surface area (Å²) in [4.78, 5) is 20.6. The van der Waals surface area contributed by atoms with Crippen molar-refractivity contribution in [3.63, 3.8) is 0 Å². The van der Waals surface area contributed by atoms with Gasteiger partial charge in [-0.2, -0.15) is 0 Å². The number of halogens is 1. The van der Waals surface area contributed by atoms with Crippen LogP contribution in [0.5, 0.6) is 0 Å². The van der Waals surface area contributed by atoms with Gasteiger partial charge < -0.3 is 47.9 Å². The molecule has 0 aliphatic rings. The molecular weight excluding hydrogens is 737 g/mol. The summed E-state index contributed by atoms with van der Waals surface area (Å²) >= 11 is 2.41. The summed E-state index contributed by atoms with van der Waals surface area (Å²) in [5, 5.41) is 24.8. The lowest BCUT2D eigenvalue weighted by Crippen LogP contribution is -2.15. The number of ether oxygens (including phenoxy) is 9. The number of nitro groups is 2. The van der Waals surface area contributed by atoms with Crippen LogP contribution in [0.3, 0.4) is 0 Å². The molecule has 0 spiro atoms. The van der Waals surface area contributed by atoms with Gasteiger partial charge in [0.05, 0.1) is 128 Å². The SMILES string of the molecule is O=[N+]([O-])c1ccc(NCCOCCOCCOCCOCCOCCOCCOCCOCCOCCCCCCI)c([N+](=O)[O-])c1. The normalized spacial score (nSPS) is 11.3. The minimum Gasteiger partial charge on any atom is -0.379 e. The van der Waals surface area contributed by atoms with Gasteiger partial charge in [0, 0.05) is 19.2 Å². The Bertz CT molecular complexity index is 905. The fourth-order valence-corrected chi connectivity index (χ4v) is 4.24. The number of unbranched alkanes of at least 4 members (excludes halogenated alkanes) is 3. The van der Waals surface area contributed by atoms with Crippen molar-refractivity contribution in [1.29, 1.82) is 0 Å². The topological polar surface area (TPSA) is 181 Å². The number of hydrogen-bond acceptors (Lipinski definition) is 14. The van der Waals surface area contributed by atoms with Crippen LogP contribution >= 0.6 is 22.6 Å². The molecular formula is C30H52IN3O13. The van der Waals surface area contributed by atoms with E-state index in [2.05, 4.69) is 27.9 Å². The number of hydrogen-bond donors (Lipinski definition) is 1. The number of alkyl halides is 1. The summed E-state index contributed by atoms with van der Waals surface area (Å²) in [6, 6.07) is 3.44. The van der Waals surface area contributed by atoms with Crippen LogP contribution in [0.1, 0.15) is 25.7 Å². The number of benzene rings is 1. The van der Waals surface area contributed by atoms with Gasteiger partial charge in [0.2, 0.25) is 0 Å². The second-order valence-electron chi connectivity index (χ2n) is 9.76. The van der Waals surface area contributed by atoms with Crippen molar-refractivity contribution in [2.24, 2.45) is 0 Å². The average Bonchev–Trinajstić information content (AvgIpc) is 3.06. The summed E-state index contributed by atoms with van der Waals surface area (Å²) in [6.45, 7) is 9.08.